The average Bonchev–Trinajstić information content (AvgIpc) is 3.26. The quantitative estimate of drug-likeness (QED) is 0.753. The van der Waals surface area contributed by atoms with E-state index in [1.54, 1.807) is 12.0 Å². The van der Waals surface area contributed by atoms with Gasteiger partial charge in [0.1, 0.15) is 19.0 Å². The number of carbonyl (C=O) groups is 2. The van der Waals surface area contributed by atoms with Crippen molar-refractivity contribution in [2.45, 2.75) is 25.3 Å². The summed E-state index contributed by atoms with van der Waals surface area (Å²) in [6.45, 7) is 3.16. The first-order valence-electron chi connectivity index (χ1n) is 11.5. The predicted octanol–water partition coefficient (Wildman–Crippen LogP) is 2.60. The number of nitrogens with zero attached hydrogens (tertiary/aromatic N) is 2. The van der Waals surface area contributed by atoms with E-state index in [1.807, 2.05) is 30.3 Å². The van der Waals surface area contributed by atoms with Crippen LogP contribution in [0.15, 0.2) is 42.5 Å². The summed E-state index contributed by atoms with van der Waals surface area (Å²) in [6.07, 6.45) is 1.99. The van der Waals surface area contributed by atoms with E-state index in [9.17, 15) is 9.59 Å². The Labute approximate surface area is 193 Å². The highest BCUT2D eigenvalue weighted by Crippen LogP contribution is 2.36. The van der Waals surface area contributed by atoms with Gasteiger partial charge < -0.3 is 29.3 Å². The van der Waals surface area contributed by atoms with E-state index in [2.05, 4.69) is 22.3 Å². The Balaban J connectivity index is 1.14. The van der Waals surface area contributed by atoms with Crippen LogP contribution in [-0.2, 0) is 9.59 Å². The summed E-state index contributed by atoms with van der Waals surface area (Å²) in [7, 11) is 1.66. The number of ether oxygens (including phenoxy) is 3. The molecule has 8 heteroatoms. The third-order valence-corrected chi connectivity index (χ3v) is 6.61. The molecule has 174 valence electrons. The first-order chi connectivity index (χ1) is 16.1. The number of nitrogens with one attached hydrogen (secondary N) is 1. The van der Waals surface area contributed by atoms with Crippen LogP contribution < -0.4 is 29.3 Å². The molecule has 3 heterocycles. The van der Waals surface area contributed by atoms with Crippen molar-refractivity contribution in [1.82, 2.24) is 5.32 Å². The van der Waals surface area contributed by atoms with Gasteiger partial charge in [0.25, 0.3) is 0 Å². The highest BCUT2D eigenvalue weighted by atomic mass is 16.6. The molecule has 2 aromatic rings. The Morgan fingerprint density at radius 2 is 1.70 bits per heavy atom. The summed E-state index contributed by atoms with van der Waals surface area (Å²) in [5.41, 5.74) is 1.91. The van der Waals surface area contributed by atoms with Crippen LogP contribution in [0.2, 0.25) is 0 Å². The van der Waals surface area contributed by atoms with Crippen LogP contribution in [0.25, 0.3) is 0 Å². The first-order valence-corrected chi connectivity index (χ1v) is 11.5. The van der Waals surface area contributed by atoms with Crippen LogP contribution in [0, 0.1) is 5.92 Å². The number of fused-ring (bicyclic) bond motifs is 1. The average molecular weight is 452 g/mol. The SMILES string of the molecule is COc1ccc(N2CCC(NC(=O)C3CC(=O)N(c4ccc5c(c4)OCCO5)C3)CC2)cc1. The molecule has 8 nitrogen and oxygen atoms in total. The number of methoxy groups -OCH3 is 1. The van der Waals surface area contributed by atoms with Crippen molar-refractivity contribution in [2.75, 3.05) is 49.8 Å². The van der Waals surface area contributed by atoms with Gasteiger partial charge in [0.05, 0.1) is 13.0 Å². The molecular weight excluding hydrogens is 422 g/mol. The normalized spacial score (nSPS) is 20.6. The Morgan fingerprint density at radius 1 is 1.00 bits per heavy atom. The van der Waals surface area contributed by atoms with Gasteiger partial charge in [-0.15, -0.1) is 0 Å². The zero-order chi connectivity index (χ0) is 22.8. The molecule has 0 bridgehead atoms. The molecule has 0 aliphatic carbocycles. The zero-order valence-corrected chi connectivity index (χ0v) is 18.8. The van der Waals surface area contributed by atoms with E-state index in [1.165, 1.54) is 0 Å². The lowest BCUT2D eigenvalue weighted by molar-refractivity contribution is -0.127. The van der Waals surface area contributed by atoms with Crippen molar-refractivity contribution in [3.8, 4) is 17.2 Å². The Kier molecular flexibility index (Phi) is 5.98. The van der Waals surface area contributed by atoms with Crippen LogP contribution in [0.4, 0.5) is 11.4 Å². The fourth-order valence-electron chi connectivity index (χ4n) is 4.73. The largest absolute Gasteiger partial charge is 0.497 e. The van der Waals surface area contributed by atoms with Crippen LogP contribution >= 0.6 is 0 Å². The van der Waals surface area contributed by atoms with E-state index >= 15 is 0 Å². The van der Waals surface area contributed by atoms with E-state index in [-0.39, 0.29) is 30.2 Å². The molecule has 3 aliphatic rings. The van der Waals surface area contributed by atoms with Gasteiger partial charge >= 0.3 is 0 Å². The topological polar surface area (TPSA) is 80.3 Å². The van der Waals surface area contributed by atoms with Gasteiger partial charge in [-0.2, -0.15) is 0 Å². The van der Waals surface area contributed by atoms with Crippen LogP contribution in [0.5, 0.6) is 17.2 Å². The van der Waals surface area contributed by atoms with Crippen molar-refractivity contribution in [1.29, 1.82) is 0 Å². The van der Waals surface area contributed by atoms with Crippen molar-refractivity contribution in [3.05, 3.63) is 42.5 Å². The standard InChI is InChI=1S/C25H29N3O5/c1-31-21-5-2-19(3-6-21)27-10-8-18(9-11-27)26-25(30)17-14-24(29)28(16-17)20-4-7-22-23(15-20)33-13-12-32-22/h2-7,15,17-18H,8-14,16H2,1H3,(H,26,30). The summed E-state index contributed by atoms with van der Waals surface area (Å²) in [5, 5.41) is 3.18. The minimum absolute atomic E-state index is 0.0358. The minimum atomic E-state index is -0.342. The maximum atomic E-state index is 12.9. The summed E-state index contributed by atoms with van der Waals surface area (Å²) >= 11 is 0. The summed E-state index contributed by atoms with van der Waals surface area (Å²) in [5.74, 6) is 1.75. The number of amides is 2. The van der Waals surface area contributed by atoms with E-state index in [0.29, 0.717) is 31.3 Å². The molecule has 2 aromatic carbocycles. The summed E-state index contributed by atoms with van der Waals surface area (Å²) < 4.78 is 16.4. The lowest BCUT2D eigenvalue weighted by Gasteiger charge is -2.34. The monoisotopic (exact) mass is 451 g/mol. The lowest BCUT2D eigenvalue weighted by atomic mass is 10.0. The first kappa shape index (κ1) is 21.4. The molecule has 1 atom stereocenters. The van der Waals surface area contributed by atoms with Crippen LogP contribution in [-0.4, -0.2) is 57.8 Å². The van der Waals surface area contributed by atoms with Gasteiger partial charge in [-0.25, -0.2) is 0 Å². The van der Waals surface area contributed by atoms with Gasteiger partial charge in [0.15, 0.2) is 11.5 Å². The Morgan fingerprint density at radius 3 is 2.42 bits per heavy atom. The van der Waals surface area contributed by atoms with Gasteiger partial charge in [0.2, 0.25) is 11.8 Å². The van der Waals surface area contributed by atoms with Crippen LogP contribution in [0.1, 0.15) is 19.3 Å². The van der Waals surface area contributed by atoms with Gasteiger partial charge in [0, 0.05) is 49.5 Å². The maximum Gasteiger partial charge on any atom is 0.227 e. The van der Waals surface area contributed by atoms with Crippen molar-refractivity contribution >= 4 is 23.2 Å². The molecule has 5 rings (SSSR count). The van der Waals surface area contributed by atoms with Crippen molar-refractivity contribution < 1.29 is 23.8 Å². The highest BCUT2D eigenvalue weighted by molar-refractivity contribution is 6.00. The van der Waals surface area contributed by atoms with Crippen LogP contribution in [0.3, 0.4) is 0 Å². The molecule has 0 saturated carbocycles. The lowest BCUT2D eigenvalue weighted by Crippen LogP contribution is -2.46. The van der Waals surface area contributed by atoms with Gasteiger partial charge in [-0.1, -0.05) is 0 Å². The number of anilines is 2. The summed E-state index contributed by atoms with van der Waals surface area (Å²) in [6, 6.07) is 13.7. The number of hydrogen-bond donors (Lipinski definition) is 1. The molecule has 33 heavy (non-hydrogen) atoms. The number of rotatable bonds is 5. The van der Waals surface area contributed by atoms with Crippen molar-refractivity contribution in [2.24, 2.45) is 5.92 Å². The molecule has 0 spiro atoms. The molecule has 3 aliphatic heterocycles. The number of benzene rings is 2. The summed E-state index contributed by atoms with van der Waals surface area (Å²) in [4.78, 5) is 29.6. The molecule has 1 unspecified atom stereocenters. The number of hydrogen-bond acceptors (Lipinski definition) is 6. The van der Waals surface area contributed by atoms with E-state index in [4.69, 9.17) is 14.2 Å². The molecule has 2 fully saturated rings. The smallest absolute Gasteiger partial charge is 0.227 e. The molecule has 2 amide bonds. The van der Waals surface area contributed by atoms with Gasteiger partial charge in [-0.3, -0.25) is 9.59 Å². The second-order valence-electron chi connectivity index (χ2n) is 8.70. The minimum Gasteiger partial charge on any atom is -0.497 e. The molecular formula is C25H29N3O5. The molecule has 0 radical (unpaired) electrons. The Hall–Kier alpha value is -3.42. The highest BCUT2D eigenvalue weighted by Gasteiger charge is 2.36. The molecule has 2 saturated heterocycles. The second kappa shape index (κ2) is 9.21. The maximum absolute atomic E-state index is 12.9. The number of piperidine rings is 1. The van der Waals surface area contributed by atoms with E-state index < -0.39 is 0 Å². The fourth-order valence-corrected chi connectivity index (χ4v) is 4.73. The fraction of sp³-hybridized carbons (Fsp3) is 0.440. The second-order valence-corrected chi connectivity index (χ2v) is 8.70. The van der Waals surface area contributed by atoms with Crippen molar-refractivity contribution in [3.63, 3.8) is 0 Å². The molecule has 1 N–H and O–H groups in total. The van der Waals surface area contributed by atoms with E-state index in [0.717, 1.165) is 43.1 Å². The zero-order valence-electron chi connectivity index (χ0n) is 18.8. The third kappa shape index (κ3) is 4.55. The third-order valence-electron chi connectivity index (χ3n) is 6.61. The number of carbonyl (C=O) groups excluding carboxylic acids is 2. The Bertz CT molecular complexity index is 1020. The predicted molar refractivity (Wildman–Crippen MR) is 124 cm³/mol. The van der Waals surface area contributed by atoms with Gasteiger partial charge in [-0.05, 0) is 49.2 Å². The molecule has 0 aromatic heterocycles.